The van der Waals surface area contributed by atoms with Crippen molar-refractivity contribution in [2.24, 2.45) is 18.9 Å². The summed E-state index contributed by atoms with van der Waals surface area (Å²) in [5, 5.41) is 24.9. The number of aromatic nitrogens is 4. The third-order valence-corrected chi connectivity index (χ3v) is 9.95. The molecule has 3 amide bonds. The third kappa shape index (κ3) is 6.15. The van der Waals surface area contributed by atoms with E-state index in [2.05, 4.69) is 43.9 Å². The van der Waals surface area contributed by atoms with Crippen molar-refractivity contribution in [2.75, 3.05) is 46.7 Å². The van der Waals surface area contributed by atoms with Crippen molar-refractivity contribution in [3.63, 3.8) is 0 Å². The third-order valence-electron chi connectivity index (χ3n) is 9.68. The van der Waals surface area contributed by atoms with E-state index in [0.717, 1.165) is 47.5 Å². The minimum Gasteiger partial charge on any atom is -0.396 e. The summed E-state index contributed by atoms with van der Waals surface area (Å²) in [6.07, 6.45) is 3.87. The van der Waals surface area contributed by atoms with Gasteiger partial charge in [-0.3, -0.25) is 24.4 Å². The van der Waals surface area contributed by atoms with Crippen molar-refractivity contribution in [3.8, 4) is 0 Å². The largest absolute Gasteiger partial charge is 0.396 e. The van der Waals surface area contributed by atoms with Gasteiger partial charge in [-0.05, 0) is 61.6 Å². The van der Waals surface area contributed by atoms with Crippen LogP contribution in [-0.4, -0.2) is 74.9 Å². The van der Waals surface area contributed by atoms with Crippen LogP contribution in [0.25, 0.3) is 10.9 Å². The van der Waals surface area contributed by atoms with Crippen LogP contribution in [0.15, 0.2) is 48.7 Å². The molecule has 0 spiro atoms. The number of nitrogens with zero attached hydrogens (tertiary/aromatic N) is 6. The lowest BCUT2D eigenvalue weighted by molar-refractivity contribution is -0.134. The first-order valence-corrected chi connectivity index (χ1v) is 16.7. The number of aliphatic hydroxyl groups is 1. The van der Waals surface area contributed by atoms with Crippen LogP contribution in [-0.2, 0) is 21.4 Å². The van der Waals surface area contributed by atoms with E-state index in [1.807, 2.05) is 43.4 Å². The number of benzene rings is 2. The number of carbonyl (C=O) groups is 3. The predicted molar refractivity (Wildman–Crippen MR) is 184 cm³/mol. The number of nitrogens with one attached hydrogen (secondary N) is 3. The van der Waals surface area contributed by atoms with Gasteiger partial charge in [0.1, 0.15) is 5.02 Å². The number of piperidine rings is 2. The van der Waals surface area contributed by atoms with Crippen LogP contribution < -0.4 is 25.8 Å². The first-order valence-electron chi connectivity index (χ1n) is 16.3. The molecule has 7 rings (SSSR count). The molecule has 2 aromatic carbocycles. The first kappa shape index (κ1) is 31.8. The highest BCUT2D eigenvalue weighted by Crippen LogP contribution is 2.34. The average molecular weight is 672 g/mol. The van der Waals surface area contributed by atoms with Gasteiger partial charge in [0.25, 0.3) is 0 Å². The summed E-state index contributed by atoms with van der Waals surface area (Å²) in [5.74, 6) is -0.0504. The van der Waals surface area contributed by atoms with Crippen molar-refractivity contribution in [1.29, 1.82) is 0 Å². The monoisotopic (exact) mass is 671 g/mol. The average Bonchev–Trinajstić information content (AvgIpc) is 3.61. The SMILES string of the molecule is C[C@@H]1CN(c2ncc(Cl)c(Nc3cccc(N4CC[C@H](CO)C4=O)c3)n2)CC[C@H]1Nc1ccc2c(C3CCC(=O)NC3=O)nn(C)c2c1. The zero-order valence-corrected chi connectivity index (χ0v) is 27.6. The number of aryl methyl sites for hydroxylation is 1. The number of anilines is 5. The Morgan fingerprint density at radius 2 is 1.92 bits per heavy atom. The Hall–Kier alpha value is -4.75. The molecule has 5 heterocycles. The molecule has 0 radical (unpaired) electrons. The number of hydrogen-bond donors (Lipinski definition) is 4. The summed E-state index contributed by atoms with van der Waals surface area (Å²) in [4.78, 5) is 50.0. The molecular weight excluding hydrogens is 634 g/mol. The van der Waals surface area contributed by atoms with Crippen LogP contribution in [0.2, 0.25) is 5.02 Å². The van der Waals surface area contributed by atoms with E-state index in [9.17, 15) is 19.5 Å². The molecule has 250 valence electrons. The van der Waals surface area contributed by atoms with Gasteiger partial charge >= 0.3 is 0 Å². The number of hydrogen-bond acceptors (Lipinski definition) is 10. The second kappa shape index (κ2) is 13.0. The van der Waals surface area contributed by atoms with Crippen LogP contribution >= 0.6 is 11.6 Å². The van der Waals surface area contributed by atoms with Crippen LogP contribution in [0, 0.1) is 11.8 Å². The Morgan fingerprint density at radius 3 is 2.69 bits per heavy atom. The maximum Gasteiger partial charge on any atom is 0.235 e. The van der Waals surface area contributed by atoms with Crippen LogP contribution in [0.3, 0.4) is 0 Å². The summed E-state index contributed by atoms with van der Waals surface area (Å²) < 4.78 is 1.80. The number of amides is 3. The van der Waals surface area contributed by atoms with E-state index < -0.39 is 5.92 Å². The van der Waals surface area contributed by atoms with E-state index >= 15 is 0 Å². The minimum atomic E-state index is -0.438. The smallest absolute Gasteiger partial charge is 0.235 e. The van der Waals surface area contributed by atoms with Gasteiger partial charge in [-0.1, -0.05) is 24.6 Å². The van der Waals surface area contributed by atoms with Crippen molar-refractivity contribution in [2.45, 2.75) is 44.6 Å². The molecule has 4 atom stereocenters. The first-order chi connectivity index (χ1) is 23.2. The summed E-state index contributed by atoms with van der Waals surface area (Å²) >= 11 is 6.52. The normalized spacial score (nSPS) is 23.1. The number of imide groups is 1. The predicted octanol–water partition coefficient (Wildman–Crippen LogP) is 3.95. The molecule has 4 aromatic rings. The molecule has 3 saturated heterocycles. The molecule has 4 N–H and O–H groups in total. The fraction of sp³-hybridized carbons (Fsp3) is 0.412. The summed E-state index contributed by atoms with van der Waals surface area (Å²) in [6, 6.07) is 13.8. The second-order valence-corrected chi connectivity index (χ2v) is 13.3. The molecule has 3 fully saturated rings. The molecule has 0 aliphatic carbocycles. The van der Waals surface area contributed by atoms with Crippen LogP contribution in [0.4, 0.5) is 28.8 Å². The van der Waals surface area contributed by atoms with Crippen LogP contribution in [0.1, 0.15) is 44.2 Å². The molecule has 48 heavy (non-hydrogen) atoms. The lowest BCUT2D eigenvalue weighted by Crippen LogP contribution is -2.46. The summed E-state index contributed by atoms with van der Waals surface area (Å²) in [5.41, 5.74) is 4.10. The topological polar surface area (TPSA) is 158 Å². The van der Waals surface area contributed by atoms with Gasteiger partial charge in [-0.15, -0.1) is 0 Å². The lowest BCUT2D eigenvalue weighted by atomic mass is 9.92. The number of carbonyl (C=O) groups excluding carboxylic acids is 3. The van der Waals surface area contributed by atoms with E-state index in [0.29, 0.717) is 48.3 Å². The fourth-order valence-electron chi connectivity index (χ4n) is 6.99. The lowest BCUT2D eigenvalue weighted by Gasteiger charge is -2.37. The van der Waals surface area contributed by atoms with Crippen molar-refractivity contribution >= 4 is 69.1 Å². The standard InChI is InChI=1S/C34H38ClN9O4/c1-19-17-43(34-36-16-26(35)31(40-34)38-21-4-3-5-23(14-21)44-13-10-20(18-45)33(44)48)12-11-27(19)37-22-6-7-24-28(15-22)42(2)41-30(24)25-8-9-29(46)39-32(25)47/h3-7,14-16,19-20,25,27,37,45H,8-13,17-18H2,1-2H3,(H,36,38,40)(H,39,46,47)/t19-,20-,25?,27-/m1/s1. The Kier molecular flexibility index (Phi) is 8.65. The number of halogens is 1. The zero-order valence-electron chi connectivity index (χ0n) is 26.8. The molecule has 1 unspecified atom stereocenters. The number of rotatable bonds is 8. The maximum atomic E-state index is 12.6. The molecule has 14 heteroatoms. The summed E-state index contributed by atoms with van der Waals surface area (Å²) in [7, 11) is 1.87. The Labute approximate surface area is 282 Å². The summed E-state index contributed by atoms with van der Waals surface area (Å²) in [6.45, 7) is 4.11. The molecule has 0 saturated carbocycles. The molecule has 3 aliphatic rings. The number of aliphatic hydroxyl groups excluding tert-OH is 1. The van der Waals surface area contributed by atoms with Crippen molar-refractivity contribution in [1.82, 2.24) is 25.1 Å². The van der Waals surface area contributed by atoms with Gasteiger partial charge in [0.05, 0.1) is 35.9 Å². The fourth-order valence-corrected chi connectivity index (χ4v) is 7.13. The molecule has 3 aliphatic heterocycles. The molecule has 13 nitrogen and oxygen atoms in total. The van der Waals surface area contributed by atoms with Crippen molar-refractivity contribution < 1.29 is 19.5 Å². The zero-order chi connectivity index (χ0) is 33.5. The van der Waals surface area contributed by atoms with Gasteiger partial charge in [0, 0.05) is 61.6 Å². The minimum absolute atomic E-state index is 0.0690. The molecule has 2 aromatic heterocycles. The van der Waals surface area contributed by atoms with E-state index in [4.69, 9.17) is 16.6 Å². The van der Waals surface area contributed by atoms with E-state index in [1.54, 1.807) is 15.8 Å². The van der Waals surface area contributed by atoms with Gasteiger partial charge in [0.15, 0.2) is 5.82 Å². The number of fused-ring (bicyclic) bond motifs is 1. The Balaban J connectivity index is 1.01. The maximum absolute atomic E-state index is 12.6. The van der Waals surface area contributed by atoms with Gasteiger partial charge in [-0.25, -0.2) is 4.98 Å². The van der Waals surface area contributed by atoms with E-state index in [1.165, 1.54) is 0 Å². The van der Waals surface area contributed by atoms with Crippen LogP contribution in [0.5, 0.6) is 0 Å². The van der Waals surface area contributed by atoms with E-state index in [-0.39, 0.29) is 42.2 Å². The molecular formula is C34H38ClN9O4. The highest BCUT2D eigenvalue weighted by molar-refractivity contribution is 6.32. The quantitative estimate of drug-likeness (QED) is 0.202. The van der Waals surface area contributed by atoms with Gasteiger partial charge in [-0.2, -0.15) is 10.1 Å². The second-order valence-electron chi connectivity index (χ2n) is 12.9. The van der Waals surface area contributed by atoms with Gasteiger partial charge in [0.2, 0.25) is 23.7 Å². The Bertz CT molecular complexity index is 1900. The highest BCUT2D eigenvalue weighted by Gasteiger charge is 2.33. The van der Waals surface area contributed by atoms with Gasteiger partial charge < -0.3 is 25.5 Å². The molecule has 0 bridgehead atoms. The Morgan fingerprint density at radius 1 is 1.06 bits per heavy atom. The van der Waals surface area contributed by atoms with Crippen molar-refractivity contribution in [3.05, 3.63) is 59.4 Å². The highest BCUT2D eigenvalue weighted by atomic mass is 35.5.